The van der Waals surface area contributed by atoms with Crippen molar-refractivity contribution < 1.29 is 4.79 Å². The number of carbonyl (C=O) groups excluding carboxylic acids is 1. The van der Waals surface area contributed by atoms with Crippen LogP contribution in [-0.2, 0) is 11.3 Å². The molecule has 2 aromatic heterocycles. The van der Waals surface area contributed by atoms with Crippen LogP contribution >= 0.6 is 0 Å². The molecule has 0 aliphatic heterocycles. The predicted molar refractivity (Wildman–Crippen MR) is 125 cm³/mol. The highest BCUT2D eigenvalue weighted by Crippen LogP contribution is 2.32. The number of anilines is 1. The van der Waals surface area contributed by atoms with E-state index in [1.807, 2.05) is 61.7 Å². The second-order valence-corrected chi connectivity index (χ2v) is 7.82. The van der Waals surface area contributed by atoms with Crippen LogP contribution < -0.4 is 5.32 Å². The van der Waals surface area contributed by atoms with Crippen molar-refractivity contribution >= 4 is 33.4 Å². The van der Waals surface area contributed by atoms with Gasteiger partial charge in [-0.05, 0) is 32.0 Å². The second kappa shape index (κ2) is 7.69. The molecule has 1 amide bonds. The van der Waals surface area contributed by atoms with Gasteiger partial charge in [-0.2, -0.15) is 5.10 Å². The Morgan fingerprint density at radius 2 is 1.55 bits per heavy atom. The van der Waals surface area contributed by atoms with Gasteiger partial charge in [-0.25, -0.2) is 0 Å². The fourth-order valence-corrected chi connectivity index (χ4v) is 3.82. The summed E-state index contributed by atoms with van der Waals surface area (Å²) < 4.78 is 1.79. The zero-order chi connectivity index (χ0) is 21.4. The molecule has 0 spiro atoms. The predicted octanol–water partition coefficient (Wildman–Crippen LogP) is 5.51. The Morgan fingerprint density at radius 1 is 0.871 bits per heavy atom. The van der Waals surface area contributed by atoms with Gasteiger partial charge in [0.25, 0.3) is 0 Å². The number of nitrogens with one attached hydrogen (secondary N) is 1. The van der Waals surface area contributed by atoms with Crippen molar-refractivity contribution in [1.82, 2.24) is 14.8 Å². The van der Waals surface area contributed by atoms with Gasteiger partial charge in [-0.1, -0.05) is 65.7 Å². The molecule has 5 heteroatoms. The minimum Gasteiger partial charge on any atom is -0.324 e. The lowest BCUT2D eigenvalue weighted by molar-refractivity contribution is -0.116. The first kappa shape index (κ1) is 19.0. The molecule has 0 unspecified atom stereocenters. The molecule has 1 N–H and O–H groups in total. The number of hydrogen-bond acceptors (Lipinski definition) is 3. The van der Waals surface area contributed by atoms with E-state index in [4.69, 9.17) is 5.10 Å². The average Bonchev–Trinajstić information content (AvgIpc) is 3.14. The molecular weight excluding hydrogens is 384 g/mol. The molecule has 3 aromatic carbocycles. The Bertz CT molecular complexity index is 1400. The van der Waals surface area contributed by atoms with Crippen LogP contribution in [0.4, 0.5) is 5.69 Å². The molecule has 0 bridgehead atoms. The first-order valence-electron chi connectivity index (χ1n) is 10.3. The van der Waals surface area contributed by atoms with E-state index in [1.54, 1.807) is 4.68 Å². The maximum Gasteiger partial charge on any atom is 0.246 e. The molecule has 5 aromatic rings. The number of aryl methyl sites for hydroxylation is 2. The first-order valence-corrected chi connectivity index (χ1v) is 10.3. The van der Waals surface area contributed by atoms with Gasteiger partial charge in [0.2, 0.25) is 5.91 Å². The van der Waals surface area contributed by atoms with Gasteiger partial charge in [0.05, 0.1) is 11.0 Å². The monoisotopic (exact) mass is 406 g/mol. The number of aromatic nitrogens is 3. The third-order valence-corrected chi connectivity index (χ3v) is 5.43. The van der Waals surface area contributed by atoms with Gasteiger partial charge in [-0.15, -0.1) is 0 Å². The van der Waals surface area contributed by atoms with Crippen LogP contribution in [-0.4, -0.2) is 20.7 Å². The van der Waals surface area contributed by atoms with E-state index in [1.165, 1.54) is 5.56 Å². The lowest BCUT2D eigenvalue weighted by atomic mass is 10.1. The van der Waals surface area contributed by atoms with Crippen molar-refractivity contribution in [3.63, 3.8) is 0 Å². The van der Waals surface area contributed by atoms with E-state index >= 15 is 0 Å². The molecule has 2 heterocycles. The molecule has 0 aliphatic carbocycles. The minimum atomic E-state index is -0.121. The molecule has 0 aliphatic rings. The number of fused-ring (bicyclic) bond motifs is 3. The van der Waals surface area contributed by atoms with Crippen LogP contribution in [0.15, 0.2) is 79.0 Å². The summed E-state index contributed by atoms with van der Waals surface area (Å²) in [7, 11) is 0. The fraction of sp³-hybridized carbons (Fsp3) is 0.115. The number of benzene rings is 3. The average molecular weight is 406 g/mol. The zero-order valence-electron chi connectivity index (χ0n) is 17.5. The van der Waals surface area contributed by atoms with Crippen LogP contribution in [0.25, 0.3) is 33.1 Å². The van der Waals surface area contributed by atoms with E-state index < -0.39 is 0 Å². The Hall–Kier alpha value is -3.99. The Kier molecular flexibility index (Phi) is 4.71. The molecule has 0 saturated heterocycles. The van der Waals surface area contributed by atoms with Gasteiger partial charge >= 0.3 is 0 Å². The summed E-state index contributed by atoms with van der Waals surface area (Å²) in [5.74, 6) is -0.121. The zero-order valence-corrected chi connectivity index (χ0v) is 17.5. The molecule has 0 radical (unpaired) electrons. The van der Waals surface area contributed by atoms with E-state index in [0.717, 1.165) is 44.3 Å². The van der Waals surface area contributed by atoms with Gasteiger partial charge in [0.1, 0.15) is 12.2 Å². The molecule has 152 valence electrons. The number of rotatable bonds is 4. The quantitative estimate of drug-likeness (QED) is 0.428. The van der Waals surface area contributed by atoms with Crippen LogP contribution in [0, 0.1) is 13.8 Å². The first-order chi connectivity index (χ1) is 15.1. The van der Waals surface area contributed by atoms with Crippen molar-refractivity contribution in [1.29, 1.82) is 0 Å². The number of nitrogens with zero attached hydrogens (tertiary/aromatic N) is 3. The third kappa shape index (κ3) is 3.66. The lowest BCUT2D eigenvalue weighted by Crippen LogP contribution is -2.19. The molecular formula is C26H22N4O. The molecule has 31 heavy (non-hydrogen) atoms. The standard InChI is InChI=1S/C26H22N4O/c1-17-7-11-19(12-8-17)25-22-15-27-23-6-4-3-5-21(23)26(22)30(29-25)16-24(31)28-20-13-9-18(2)10-14-20/h3-15H,16H2,1-2H3,(H,28,31). The van der Waals surface area contributed by atoms with E-state index in [-0.39, 0.29) is 12.5 Å². The summed E-state index contributed by atoms with van der Waals surface area (Å²) in [6, 6.07) is 24.0. The Morgan fingerprint density at radius 3 is 2.29 bits per heavy atom. The van der Waals surface area contributed by atoms with Crippen LogP contribution in [0.2, 0.25) is 0 Å². The van der Waals surface area contributed by atoms with Crippen molar-refractivity contribution in [3.05, 3.63) is 90.1 Å². The summed E-state index contributed by atoms with van der Waals surface area (Å²) in [6.07, 6.45) is 1.86. The number of pyridine rings is 1. The minimum absolute atomic E-state index is 0.115. The van der Waals surface area contributed by atoms with Crippen LogP contribution in [0.1, 0.15) is 11.1 Å². The van der Waals surface area contributed by atoms with Gasteiger partial charge < -0.3 is 5.32 Å². The molecule has 5 rings (SSSR count). The summed E-state index contributed by atoms with van der Waals surface area (Å²) in [5, 5.41) is 9.74. The smallest absolute Gasteiger partial charge is 0.246 e. The van der Waals surface area contributed by atoms with Crippen molar-refractivity contribution in [2.75, 3.05) is 5.32 Å². The highest BCUT2D eigenvalue weighted by Gasteiger charge is 2.17. The molecule has 0 atom stereocenters. The SMILES string of the molecule is Cc1ccc(NC(=O)Cn2nc(-c3ccc(C)cc3)c3cnc4ccccc4c32)cc1. The van der Waals surface area contributed by atoms with Gasteiger partial charge in [0.15, 0.2) is 0 Å². The maximum absolute atomic E-state index is 12.8. The molecule has 0 fully saturated rings. The summed E-state index contributed by atoms with van der Waals surface area (Å²) in [6.45, 7) is 4.20. The number of para-hydroxylation sites is 1. The lowest BCUT2D eigenvalue weighted by Gasteiger charge is -2.08. The van der Waals surface area contributed by atoms with Crippen molar-refractivity contribution in [2.45, 2.75) is 20.4 Å². The third-order valence-electron chi connectivity index (χ3n) is 5.43. The van der Waals surface area contributed by atoms with Gasteiger partial charge in [0, 0.05) is 28.2 Å². The van der Waals surface area contributed by atoms with E-state index in [2.05, 4.69) is 41.5 Å². The topological polar surface area (TPSA) is 59.8 Å². The summed E-state index contributed by atoms with van der Waals surface area (Å²) in [4.78, 5) is 17.5. The summed E-state index contributed by atoms with van der Waals surface area (Å²) in [5.41, 5.74) is 6.75. The van der Waals surface area contributed by atoms with Gasteiger partial charge in [-0.3, -0.25) is 14.5 Å². The summed E-state index contributed by atoms with van der Waals surface area (Å²) >= 11 is 0. The van der Waals surface area contributed by atoms with E-state index in [0.29, 0.717) is 0 Å². The van der Waals surface area contributed by atoms with Crippen molar-refractivity contribution in [2.24, 2.45) is 0 Å². The highest BCUT2D eigenvalue weighted by molar-refractivity contribution is 6.08. The van der Waals surface area contributed by atoms with E-state index in [9.17, 15) is 4.79 Å². The number of hydrogen-bond donors (Lipinski definition) is 1. The Labute approximate surface area is 180 Å². The van der Waals surface area contributed by atoms with Crippen molar-refractivity contribution in [3.8, 4) is 11.3 Å². The highest BCUT2D eigenvalue weighted by atomic mass is 16.2. The molecule has 0 saturated carbocycles. The number of amides is 1. The maximum atomic E-state index is 12.8. The van der Waals surface area contributed by atoms with Crippen LogP contribution in [0.5, 0.6) is 0 Å². The largest absolute Gasteiger partial charge is 0.324 e. The van der Waals surface area contributed by atoms with Crippen LogP contribution in [0.3, 0.4) is 0 Å². The second-order valence-electron chi connectivity index (χ2n) is 7.82. The normalized spacial score (nSPS) is 11.2. The Balaban J connectivity index is 1.60. The number of carbonyl (C=O) groups is 1. The fourth-order valence-electron chi connectivity index (χ4n) is 3.82. The molecule has 5 nitrogen and oxygen atoms in total.